The van der Waals surface area contributed by atoms with E-state index in [1.165, 1.54) is 4.90 Å². The molecule has 0 saturated carbocycles. The number of piperazine rings is 1. The average Bonchev–Trinajstić information content (AvgIpc) is 2.92. The summed E-state index contributed by atoms with van der Waals surface area (Å²) >= 11 is 6.30. The Bertz CT molecular complexity index is 851. The van der Waals surface area contributed by atoms with E-state index in [9.17, 15) is 9.59 Å². The maximum absolute atomic E-state index is 12.9. The zero-order chi connectivity index (χ0) is 19.6. The molecule has 0 radical (unpaired) electrons. The Morgan fingerprint density at radius 2 is 1.81 bits per heavy atom. The molecule has 1 aliphatic heterocycles. The van der Waals surface area contributed by atoms with Crippen molar-refractivity contribution in [1.29, 1.82) is 0 Å². The fraction of sp³-hybridized carbons (Fsp3) is 0.429. The first kappa shape index (κ1) is 19.6. The van der Waals surface area contributed by atoms with Crippen LogP contribution >= 0.6 is 11.6 Å². The van der Waals surface area contributed by atoms with Gasteiger partial charge in [0, 0.05) is 35.4 Å². The number of benzene rings is 1. The highest BCUT2D eigenvalue weighted by atomic mass is 35.5. The van der Waals surface area contributed by atoms with E-state index in [4.69, 9.17) is 11.6 Å². The maximum atomic E-state index is 12.9. The Balaban J connectivity index is 1.70. The molecule has 1 aromatic carbocycles. The van der Waals surface area contributed by atoms with Gasteiger partial charge in [0.25, 0.3) is 0 Å². The number of ketones is 1. The van der Waals surface area contributed by atoms with Crippen LogP contribution in [0.2, 0.25) is 5.02 Å². The van der Waals surface area contributed by atoms with Crippen LogP contribution in [0.25, 0.3) is 0 Å². The normalized spacial score (nSPS) is 15.2. The Labute approximate surface area is 165 Å². The van der Waals surface area contributed by atoms with E-state index < -0.39 is 0 Å². The van der Waals surface area contributed by atoms with E-state index in [1.54, 1.807) is 6.92 Å². The largest absolute Gasteiger partial charge is 0.344 e. The summed E-state index contributed by atoms with van der Waals surface area (Å²) in [4.78, 5) is 27.4. The number of quaternary nitrogens is 1. The van der Waals surface area contributed by atoms with Crippen molar-refractivity contribution in [2.24, 2.45) is 0 Å². The number of halogens is 1. The van der Waals surface area contributed by atoms with Gasteiger partial charge in [0.05, 0.1) is 26.2 Å². The number of Topliss-reactive ketones (excluding diaryl/α,β-unsaturated/α-hetero) is 1. The molecule has 1 saturated heterocycles. The van der Waals surface area contributed by atoms with Gasteiger partial charge in [-0.2, -0.15) is 0 Å². The van der Waals surface area contributed by atoms with Gasteiger partial charge in [0.2, 0.25) is 11.7 Å². The molecule has 0 aliphatic carbocycles. The van der Waals surface area contributed by atoms with Crippen molar-refractivity contribution in [2.45, 2.75) is 27.3 Å². The highest BCUT2D eigenvalue weighted by Crippen LogP contribution is 2.21. The summed E-state index contributed by atoms with van der Waals surface area (Å²) < 4.78 is 2.15. The minimum atomic E-state index is 0.114. The number of aromatic nitrogens is 1. The number of aryl methyl sites for hydroxylation is 1. The summed E-state index contributed by atoms with van der Waals surface area (Å²) in [5.74, 6) is 0.281. The molecule has 0 spiro atoms. The predicted molar refractivity (Wildman–Crippen MR) is 107 cm³/mol. The summed E-state index contributed by atoms with van der Waals surface area (Å²) in [6.45, 7) is 9.86. The highest BCUT2D eigenvalue weighted by Gasteiger charge is 2.25. The molecule has 1 aromatic heterocycles. The Morgan fingerprint density at radius 1 is 1.15 bits per heavy atom. The van der Waals surface area contributed by atoms with Crippen molar-refractivity contribution < 1.29 is 14.5 Å². The molecule has 0 atom stereocenters. The molecule has 2 heterocycles. The molecular weight excluding hydrogens is 362 g/mol. The first-order chi connectivity index (χ1) is 12.9. The van der Waals surface area contributed by atoms with E-state index in [0.29, 0.717) is 13.1 Å². The first-order valence-electron chi connectivity index (χ1n) is 9.39. The Kier molecular flexibility index (Phi) is 6.02. The number of nitrogens with zero attached hydrogens (tertiary/aromatic N) is 2. The van der Waals surface area contributed by atoms with Gasteiger partial charge in [0.15, 0.2) is 0 Å². The number of rotatable bonds is 5. The SMILES string of the molecule is CC(=O)N1CC[NH+](CC(=O)c2cc(C)n(Cc3ccccc3Cl)c2C)CC1. The molecule has 6 heteroatoms. The van der Waals surface area contributed by atoms with Crippen molar-refractivity contribution in [3.8, 4) is 0 Å². The van der Waals surface area contributed by atoms with Crippen LogP contribution in [-0.4, -0.2) is 53.9 Å². The molecule has 0 bridgehead atoms. The summed E-state index contributed by atoms with van der Waals surface area (Å²) in [6, 6.07) is 9.79. The van der Waals surface area contributed by atoms with Gasteiger partial charge in [0.1, 0.15) is 6.54 Å². The standard InChI is InChI=1S/C21H26ClN3O2/c1-15-12-19(16(2)25(15)13-18-6-4-5-7-20(18)22)21(27)14-23-8-10-24(11-9-23)17(3)26/h4-7,12H,8-11,13-14H2,1-3H3/p+1. The quantitative estimate of drug-likeness (QED) is 0.793. The van der Waals surface area contributed by atoms with Gasteiger partial charge in [-0.1, -0.05) is 29.8 Å². The van der Waals surface area contributed by atoms with Gasteiger partial charge in [-0.3, -0.25) is 9.59 Å². The smallest absolute Gasteiger partial charge is 0.219 e. The average molecular weight is 389 g/mol. The zero-order valence-corrected chi connectivity index (χ0v) is 17.0. The molecule has 1 aliphatic rings. The van der Waals surface area contributed by atoms with Crippen molar-refractivity contribution >= 4 is 23.3 Å². The van der Waals surface area contributed by atoms with E-state index in [2.05, 4.69) is 4.57 Å². The van der Waals surface area contributed by atoms with Crippen LogP contribution in [0.15, 0.2) is 30.3 Å². The molecule has 1 N–H and O–H groups in total. The van der Waals surface area contributed by atoms with Gasteiger partial charge in [-0.05, 0) is 31.5 Å². The van der Waals surface area contributed by atoms with Gasteiger partial charge < -0.3 is 14.4 Å². The minimum Gasteiger partial charge on any atom is -0.344 e. The second-order valence-corrected chi connectivity index (χ2v) is 7.73. The second kappa shape index (κ2) is 8.28. The van der Waals surface area contributed by atoms with Crippen LogP contribution < -0.4 is 4.90 Å². The first-order valence-corrected chi connectivity index (χ1v) is 9.77. The predicted octanol–water partition coefficient (Wildman–Crippen LogP) is 1.74. The summed E-state index contributed by atoms with van der Waals surface area (Å²) in [5, 5.41) is 0.741. The number of nitrogens with one attached hydrogen (secondary N) is 1. The number of carbonyl (C=O) groups is 2. The Morgan fingerprint density at radius 3 is 2.44 bits per heavy atom. The maximum Gasteiger partial charge on any atom is 0.219 e. The molecular formula is C21H27ClN3O2+. The fourth-order valence-electron chi connectivity index (χ4n) is 3.76. The number of hydrogen-bond donors (Lipinski definition) is 1. The second-order valence-electron chi connectivity index (χ2n) is 7.32. The van der Waals surface area contributed by atoms with Crippen molar-refractivity contribution in [3.05, 3.63) is 57.9 Å². The molecule has 1 fully saturated rings. The van der Waals surface area contributed by atoms with Gasteiger partial charge in [-0.15, -0.1) is 0 Å². The highest BCUT2D eigenvalue weighted by molar-refractivity contribution is 6.31. The summed E-state index contributed by atoms with van der Waals surface area (Å²) in [5.41, 5.74) is 3.89. The van der Waals surface area contributed by atoms with Gasteiger partial charge >= 0.3 is 0 Å². The lowest BCUT2D eigenvalue weighted by Crippen LogP contribution is -3.15. The lowest BCUT2D eigenvalue weighted by molar-refractivity contribution is -0.895. The molecule has 0 unspecified atom stereocenters. The minimum absolute atomic E-state index is 0.114. The third-order valence-corrected chi connectivity index (χ3v) is 5.86. The van der Waals surface area contributed by atoms with Crippen LogP contribution in [0.4, 0.5) is 0 Å². The molecule has 27 heavy (non-hydrogen) atoms. The summed E-state index contributed by atoms with van der Waals surface area (Å²) in [6.07, 6.45) is 0. The fourth-order valence-corrected chi connectivity index (χ4v) is 3.96. The lowest BCUT2D eigenvalue weighted by Gasteiger charge is -2.31. The molecule has 2 aromatic rings. The number of hydrogen-bond acceptors (Lipinski definition) is 2. The monoisotopic (exact) mass is 388 g/mol. The van der Waals surface area contributed by atoms with Crippen molar-refractivity contribution in [3.63, 3.8) is 0 Å². The van der Waals surface area contributed by atoms with E-state index in [0.717, 1.165) is 53.7 Å². The van der Waals surface area contributed by atoms with Crippen LogP contribution in [0.1, 0.15) is 34.2 Å². The number of carbonyl (C=O) groups excluding carboxylic acids is 2. The lowest BCUT2D eigenvalue weighted by atomic mass is 10.1. The molecule has 3 rings (SSSR count). The zero-order valence-electron chi connectivity index (χ0n) is 16.2. The van der Waals surface area contributed by atoms with Crippen LogP contribution in [0, 0.1) is 13.8 Å². The van der Waals surface area contributed by atoms with Crippen LogP contribution in [0.5, 0.6) is 0 Å². The topological polar surface area (TPSA) is 46.8 Å². The van der Waals surface area contributed by atoms with E-state index >= 15 is 0 Å². The third-order valence-electron chi connectivity index (χ3n) is 5.49. The van der Waals surface area contributed by atoms with E-state index in [1.807, 2.05) is 49.1 Å². The van der Waals surface area contributed by atoms with Gasteiger partial charge in [-0.25, -0.2) is 0 Å². The summed E-state index contributed by atoms with van der Waals surface area (Å²) in [7, 11) is 0. The Hall–Kier alpha value is -2.11. The van der Waals surface area contributed by atoms with Crippen molar-refractivity contribution in [2.75, 3.05) is 32.7 Å². The van der Waals surface area contributed by atoms with Crippen molar-refractivity contribution in [1.82, 2.24) is 9.47 Å². The van der Waals surface area contributed by atoms with E-state index in [-0.39, 0.29) is 11.7 Å². The molecule has 1 amide bonds. The van der Waals surface area contributed by atoms with Crippen LogP contribution in [-0.2, 0) is 11.3 Å². The molecule has 144 valence electrons. The third kappa shape index (κ3) is 4.42. The molecule has 5 nitrogen and oxygen atoms in total. The number of amides is 1. The van der Waals surface area contributed by atoms with Crippen LogP contribution in [0.3, 0.4) is 0 Å².